The van der Waals surface area contributed by atoms with Gasteiger partial charge in [0.25, 0.3) is 5.91 Å². The van der Waals surface area contributed by atoms with Crippen molar-refractivity contribution in [1.29, 1.82) is 0 Å². The number of carboxylic acid groups (broad SMARTS) is 1. The minimum Gasteiger partial charge on any atom is -0.478 e. The number of nitrogens with zero attached hydrogens (tertiary/aromatic N) is 1. The van der Waals surface area contributed by atoms with E-state index in [2.05, 4.69) is 5.32 Å². The molecule has 22 heavy (non-hydrogen) atoms. The van der Waals surface area contributed by atoms with Crippen LogP contribution in [0.1, 0.15) is 41.2 Å². The van der Waals surface area contributed by atoms with Crippen LogP contribution in [0.15, 0.2) is 16.7 Å². The van der Waals surface area contributed by atoms with Crippen molar-refractivity contribution >= 4 is 29.5 Å². The molecule has 1 fully saturated rings. The molecule has 1 aromatic rings. The lowest BCUT2D eigenvalue weighted by atomic mass is 10.2. The second-order valence-corrected chi connectivity index (χ2v) is 6.11. The summed E-state index contributed by atoms with van der Waals surface area (Å²) in [6, 6.07) is 0.652. The number of carbonyl (C=O) groups is 3. The van der Waals surface area contributed by atoms with Crippen LogP contribution in [0.4, 0.5) is 0 Å². The number of nitrogens with one attached hydrogen (secondary N) is 1. The normalized spacial score (nSPS) is 19.0. The summed E-state index contributed by atoms with van der Waals surface area (Å²) in [4.78, 5) is 36.9. The Hall–Kier alpha value is -1.96. The second kappa shape index (κ2) is 6.87. The van der Waals surface area contributed by atoms with E-state index < -0.39 is 17.9 Å². The zero-order chi connectivity index (χ0) is 16.3. The molecule has 0 aromatic carbocycles. The number of thioether (sulfide) groups is 1. The number of carbonyl (C=O) groups excluding carboxylic acids is 2. The Morgan fingerprint density at radius 2 is 2.27 bits per heavy atom. The number of carboxylic acids is 1. The van der Waals surface area contributed by atoms with Crippen LogP contribution in [0.3, 0.4) is 0 Å². The van der Waals surface area contributed by atoms with E-state index in [1.54, 1.807) is 0 Å². The van der Waals surface area contributed by atoms with E-state index in [0.717, 1.165) is 12.7 Å². The molecule has 2 unspecified atom stereocenters. The third-order valence-electron chi connectivity index (χ3n) is 3.50. The molecule has 2 atom stereocenters. The Balaban J connectivity index is 2.10. The molecule has 1 saturated heterocycles. The first-order valence-electron chi connectivity index (χ1n) is 6.95. The van der Waals surface area contributed by atoms with E-state index >= 15 is 0 Å². The van der Waals surface area contributed by atoms with Gasteiger partial charge in [0.05, 0.1) is 11.4 Å². The highest BCUT2D eigenvalue weighted by atomic mass is 32.2. The number of amides is 2. The minimum atomic E-state index is -1.16. The van der Waals surface area contributed by atoms with Crippen LogP contribution in [-0.2, 0) is 4.79 Å². The van der Waals surface area contributed by atoms with Crippen molar-refractivity contribution in [3.8, 4) is 0 Å². The highest BCUT2D eigenvalue weighted by molar-refractivity contribution is 7.99. The summed E-state index contributed by atoms with van der Waals surface area (Å²) in [7, 11) is 0. The molecule has 0 spiro atoms. The summed E-state index contributed by atoms with van der Waals surface area (Å²) in [5, 5.41) is 11.7. The van der Waals surface area contributed by atoms with Gasteiger partial charge in [-0.3, -0.25) is 9.59 Å². The molecular weight excluding hydrogens is 308 g/mol. The van der Waals surface area contributed by atoms with Crippen LogP contribution < -0.4 is 5.32 Å². The number of furan rings is 1. The van der Waals surface area contributed by atoms with Crippen molar-refractivity contribution in [2.45, 2.75) is 32.4 Å². The SMILES string of the molecule is CCC(C)NC(=O)C1CSCN1C(=O)c1cc(C(=O)O)co1. The van der Waals surface area contributed by atoms with Crippen LogP contribution in [0.2, 0.25) is 0 Å². The molecule has 0 aliphatic carbocycles. The average molecular weight is 326 g/mol. The number of hydrogen-bond donors (Lipinski definition) is 2. The fraction of sp³-hybridized carbons (Fsp3) is 0.500. The third kappa shape index (κ3) is 3.44. The van der Waals surface area contributed by atoms with Crippen molar-refractivity contribution in [2.75, 3.05) is 11.6 Å². The van der Waals surface area contributed by atoms with Gasteiger partial charge >= 0.3 is 5.97 Å². The number of rotatable bonds is 5. The van der Waals surface area contributed by atoms with Gasteiger partial charge in [0, 0.05) is 17.9 Å². The molecule has 1 aromatic heterocycles. The van der Waals surface area contributed by atoms with Gasteiger partial charge in [0.1, 0.15) is 12.3 Å². The zero-order valence-electron chi connectivity index (χ0n) is 12.4. The Labute approximate surface area is 132 Å². The zero-order valence-corrected chi connectivity index (χ0v) is 13.2. The van der Waals surface area contributed by atoms with Gasteiger partial charge in [-0.1, -0.05) is 6.92 Å². The smallest absolute Gasteiger partial charge is 0.338 e. The van der Waals surface area contributed by atoms with E-state index in [-0.39, 0.29) is 23.3 Å². The molecule has 8 heteroatoms. The molecule has 2 N–H and O–H groups in total. The van der Waals surface area contributed by atoms with Gasteiger partial charge in [-0.25, -0.2) is 4.79 Å². The van der Waals surface area contributed by atoms with Gasteiger partial charge in [0.2, 0.25) is 5.91 Å². The predicted molar refractivity (Wildman–Crippen MR) is 80.8 cm³/mol. The molecule has 0 radical (unpaired) electrons. The van der Waals surface area contributed by atoms with E-state index in [0.29, 0.717) is 11.6 Å². The first-order valence-corrected chi connectivity index (χ1v) is 8.10. The molecule has 2 rings (SSSR count). The molecule has 2 heterocycles. The maximum Gasteiger partial charge on any atom is 0.338 e. The first kappa shape index (κ1) is 16.4. The average Bonchev–Trinajstić information content (AvgIpc) is 3.15. The number of hydrogen-bond acceptors (Lipinski definition) is 5. The molecule has 0 saturated carbocycles. The Morgan fingerprint density at radius 3 is 2.86 bits per heavy atom. The summed E-state index contributed by atoms with van der Waals surface area (Å²) in [5.41, 5.74) is -0.0872. The Bertz CT molecular complexity index is 586. The molecule has 120 valence electrons. The van der Waals surface area contributed by atoms with Crippen molar-refractivity contribution in [2.24, 2.45) is 0 Å². The van der Waals surface area contributed by atoms with E-state index in [1.807, 2.05) is 13.8 Å². The fourth-order valence-corrected chi connectivity index (χ4v) is 3.16. The molecule has 1 aliphatic rings. The van der Waals surface area contributed by atoms with Crippen LogP contribution >= 0.6 is 11.8 Å². The quantitative estimate of drug-likeness (QED) is 0.848. The van der Waals surface area contributed by atoms with Crippen LogP contribution in [0.25, 0.3) is 0 Å². The van der Waals surface area contributed by atoms with Gasteiger partial charge in [-0.05, 0) is 13.3 Å². The number of aromatic carboxylic acids is 1. The van der Waals surface area contributed by atoms with Crippen molar-refractivity contribution < 1.29 is 23.9 Å². The van der Waals surface area contributed by atoms with E-state index in [4.69, 9.17) is 9.52 Å². The van der Waals surface area contributed by atoms with Crippen molar-refractivity contribution in [3.05, 3.63) is 23.7 Å². The lowest BCUT2D eigenvalue weighted by Crippen LogP contribution is -2.49. The van der Waals surface area contributed by atoms with Crippen LogP contribution in [0, 0.1) is 0 Å². The monoisotopic (exact) mass is 326 g/mol. The van der Waals surface area contributed by atoms with Gasteiger partial charge < -0.3 is 19.7 Å². The highest BCUT2D eigenvalue weighted by Crippen LogP contribution is 2.24. The summed E-state index contributed by atoms with van der Waals surface area (Å²) in [6.07, 6.45) is 1.83. The third-order valence-corrected chi connectivity index (χ3v) is 4.52. The van der Waals surface area contributed by atoms with Crippen LogP contribution in [0.5, 0.6) is 0 Å². The molecule has 0 bridgehead atoms. The predicted octanol–water partition coefficient (Wildman–Crippen LogP) is 1.41. The minimum absolute atomic E-state index is 0.0391. The summed E-state index contributed by atoms with van der Waals surface area (Å²) >= 11 is 1.48. The van der Waals surface area contributed by atoms with Crippen molar-refractivity contribution in [1.82, 2.24) is 10.2 Å². The van der Waals surface area contributed by atoms with E-state index in [1.165, 1.54) is 22.7 Å². The molecule has 7 nitrogen and oxygen atoms in total. The maximum absolute atomic E-state index is 12.4. The standard InChI is InChI=1S/C14H18N2O5S/c1-3-8(2)15-12(17)10-6-22-7-16(10)13(18)11-4-9(5-21-11)14(19)20/h4-5,8,10H,3,6-7H2,1-2H3,(H,15,17)(H,19,20). The van der Waals surface area contributed by atoms with Gasteiger partial charge in [-0.2, -0.15) is 0 Å². The summed E-state index contributed by atoms with van der Waals surface area (Å²) in [5.74, 6) is -1.01. The van der Waals surface area contributed by atoms with Gasteiger partial charge in [0.15, 0.2) is 5.76 Å². The highest BCUT2D eigenvalue weighted by Gasteiger charge is 2.36. The topological polar surface area (TPSA) is 99.9 Å². The maximum atomic E-state index is 12.4. The van der Waals surface area contributed by atoms with Crippen molar-refractivity contribution in [3.63, 3.8) is 0 Å². The lowest BCUT2D eigenvalue weighted by Gasteiger charge is -2.23. The van der Waals surface area contributed by atoms with Gasteiger partial charge in [-0.15, -0.1) is 11.8 Å². The Morgan fingerprint density at radius 1 is 1.55 bits per heavy atom. The summed E-state index contributed by atoms with van der Waals surface area (Å²) in [6.45, 7) is 3.87. The largest absolute Gasteiger partial charge is 0.478 e. The van der Waals surface area contributed by atoms with Crippen LogP contribution in [-0.4, -0.2) is 51.5 Å². The molecular formula is C14H18N2O5S. The molecule has 1 aliphatic heterocycles. The fourth-order valence-electron chi connectivity index (χ4n) is 2.00. The summed E-state index contributed by atoms with van der Waals surface area (Å²) < 4.78 is 5.02. The van der Waals surface area contributed by atoms with E-state index in [9.17, 15) is 14.4 Å². The Kier molecular flexibility index (Phi) is 5.12. The molecule has 2 amide bonds. The first-order chi connectivity index (χ1) is 10.4. The second-order valence-electron chi connectivity index (χ2n) is 5.11. The lowest BCUT2D eigenvalue weighted by molar-refractivity contribution is -0.125.